The van der Waals surface area contributed by atoms with Crippen LogP contribution >= 0.6 is 24.2 Å². The van der Waals surface area contributed by atoms with Crippen LogP contribution in [0.5, 0.6) is 0 Å². The van der Waals surface area contributed by atoms with Crippen LogP contribution in [0.15, 0.2) is 36.1 Å². The molecule has 208 valence electrons. The number of ether oxygens (including phenoxy) is 1. The minimum atomic E-state index is -3.17. The van der Waals surface area contributed by atoms with E-state index in [1.165, 1.54) is 6.07 Å². The summed E-state index contributed by atoms with van der Waals surface area (Å²) < 4.78 is 43.6. The Morgan fingerprint density at radius 1 is 1.24 bits per heavy atom. The van der Waals surface area contributed by atoms with Gasteiger partial charge in [-0.05, 0) is 70.2 Å². The Morgan fingerprint density at radius 3 is 2.16 bits per heavy atom. The number of rotatable bonds is 8. The van der Waals surface area contributed by atoms with E-state index in [0.29, 0.717) is 47.5 Å². The van der Waals surface area contributed by atoms with Gasteiger partial charge in [-0.3, -0.25) is 14.4 Å². The van der Waals surface area contributed by atoms with Crippen molar-refractivity contribution in [3.05, 3.63) is 58.0 Å². The normalized spacial score (nSPS) is 13.8. The summed E-state index contributed by atoms with van der Waals surface area (Å²) in [6, 6.07) is 3.07. The van der Waals surface area contributed by atoms with E-state index in [0.717, 1.165) is 31.4 Å². The summed E-state index contributed by atoms with van der Waals surface area (Å²) in [4.78, 5) is 32.5. The van der Waals surface area contributed by atoms with Crippen molar-refractivity contribution in [3.63, 3.8) is 0 Å². The van der Waals surface area contributed by atoms with Gasteiger partial charge >= 0.3 is 5.97 Å². The molecule has 6 nitrogen and oxygen atoms in total. The van der Waals surface area contributed by atoms with Crippen molar-refractivity contribution in [1.29, 1.82) is 0 Å². The van der Waals surface area contributed by atoms with Crippen LogP contribution in [0.2, 0.25) is 5.02 Å². The third kappa shape index (κ3) is 13.7. The summed E-state index contributed by atoms with van der Waals surface area (Å²) in [6.45, 7) is 12.6. The average molecular weight is 565 g/mol. The molecule has 1 aromatic rings. The molecule has 2 rings (SSSR count). The lowest BCUT2D eigenvalue weighted by Gasteiger charge is -2.23. The number of halogens is 4. The third-order valence-corrected chi connectivity index (χ3v) is 5.76. The molecule has 0 atom stereocenters. The highest BCUT2D eigenvalue weighted by Gasteiger charge is 2.46. The Hall–Kier alpha value is -2.30. The molecule has 1 saturated carbocycles. The average Bonchev–Trinajstić information content (AvgIpc) is 3.51. The molecule has 0 bridgehead atoms. The predicted octanol–water partition coefficient (Wildman–Crippen LogP) is 6.49. The van der Waals surface area contributed by atoms with Gasteiger partial charge in [0.1, 0.15) is 11.5 Å². The van der Waals surface area contributed by atoms with Crippen LogP contribution in [0.1, 0.15) is 64.5 Å². The zero-order valence-electron chi connectivity index (χ0n) is 22.1. The number of thiol groups is 1. The van der Waals surface area contributed by atoms with E-state index >= 15 is 0 Å². The second kappa shape index (κ2) is 15.2. The van der Waals surface area contributed by atoms with Crippen molar-refractivity contribution < 1.29 is 32.3 Å². The van der Waals surface area contributed by atoms with Crippen LogP contribution in [-0.4, -0.2) is 34.5 Å². The quantitative estimate of drug-likeness (QED) is 0.0717. The minimum Gasteiger partial charge on any atom is -0.465 e. The van der Waals surface area contributed by atoms with Crippen molar-refractivity contribution in [2.75, 3.05) is 6.61 Å². The van der Waals surface area contributed by atoms with Crippen LogP contribution in [0.25, 0.3) is 0 Å². The van der Waals surface area contributed by atoms with E-state index < -0.39 is 17.5 Å². The molecule has 0 saturated heterocycles. The second-order valence-corrected chi connectivity index (χ2v) is 10.1. The zero-order valence-corrected chi connectivity index (χ0v) is 23.7. The Kier molecular flexibility index (Phi) is 14.2. The molecular weight excluding hydrogens is 529 g/mol. The number of alkyl halides is 2. The summed E-state index contributed by atoms with van der Waals surface area (Å²) in [5.41, 5.74) is 1.18. The van der Waals surface area contributed by atoms with Crippen molar-refractivity contribution in [2.45, 2.75) is 73.1 Å². The maximum absolute atomic E-state index is 13.0. The van der Waals surface area contributed by atoms with E-state index in [4.69, 9.17) is 22.2 Å². The van der Waals surface area contributed by atoms with Gasteiger partial charge in [0.05, 0.1) is 12.0 Å². The Labute approximate surface area is 227 Å². The smallest absolute Gasteiger partial charge is 0.311 e. The Bertz CT molecular complexity index is 972. The van der Waals surface area contributed by atoms with Gasteiger partial charge < -0.3 is 4.74 Å². The van der Waals surface area contributed by atoms with Gasteiger partial charge in [0.15, 0.2) is 5.12 Å². The molecule has 1 fully saturated rings. The molecule has 2 N–H and O–H groups in total. The van der Waals surface area contributed by atoms with Gasteiger partial charge in [-0.2, -0.15) is 8.78 Å². The van der Waals surface area contributed by atoms with Gasteiger partial charge in [-0.15, -0.1) is 12.6 Å². The summed E-state index contributed by atoms with van der Waals surface area (Å²) in [7, 11) is 0. The number of esters is 1. The minimum absolute atomic E-state index is 0.126. The molecule has 0 aromatic heterocycles. The van der Waals surface area contributed by atoms with Crippen molar-refractivity contribution in [3.8, 4) is 0 Å². The van der Waals surface area contributed by atoms with Crippen molar-refractivity contribution in [1.82, 2.24) is 5.01 Å². The standard InChI is InChI=1S/C9H14F2N2O.C9H14O3S.C8H8ClF/c1-6(2)5-8(9(4,10)11)13(12)7(3)14;1-9(4-5-9)8(11)12-6-2-3-7(10)13;1-5-3-6(2)8(10)4-7(5)9/h5H,1,12H2,2-4H3;2-6H2,1H3,(H,10,13);3-4H,1-2H3/b8-5-;;. The monoisotopic (exact) mass is 564 g/mol. The van der Waals surface area contributed by atoms with Crippen LogP contribution in [0, 0.1) is 25.1 Å². The number of carbonyl (C=O) groups excluding carboxylic acids is 3. The predicted molar refractivity (Wildman–Crippen MR) is 143 cm³/mol. The molecule has 0 spiro atoms. The lowest BCUT2D eigenvalue weighted by atomic mass is 10.1. The molecule has 0 aliphatic heterocycles. The molecule has 11 heteroatoms. The van der Waals surface area contributed by atoms with E-state index in [2.05, 4.69) is 19.2 Å². The lowest BCUT2D eigenvalue weighted by molar-refractivity contribution is -0.149. The van der Waals surface area contributed by atoms with Crippen molar-refractivity contribution >= 4 is 41.2 Å². The number of nitrogens with zero attached hydrogens (tertiary/aromatic N) is 1. The first-order valence-electron chi connectivity index (χ1n) is 11.4. The number of allylic oxidation sites excluding steroid dienone is 3. The highest BCUT2D eigenvalue weighted by molar-refractivity contribution is 7.96. The van der Waals surface area contributed by atoms with Gasteiger partial charge in [0, 0.05) is 25.3 Å². The lowest BCUT2D eigenvalue weighted by Crippen LogP contribution is -2.41. The number of aryl methyl sites for hydroxylation is 2. The number of hydrogen-bond donors (Lipinski definition) is 2. The zero-order chi connectivity index (χ0) is 29.1. The second-order valence-electron chi connectivity index (χ2n) is 9.20. The van der Waals surface area contributed by atoms with Gasteiger partial charge in [0.25, 0.3) is 5.92 Å². The molecule has 0 radical (unpaired) electrons. The van der Waals surface area contributed by atoms with Gasteiger partial charge in [0.2, 0.25) is 5.91 Å². The van der Waals surface area contributed by atoms with Crippen LogP contribution < -0.4 is 5.84 Å². The van der Waals surface area contributed by atoms with Crippen LogP contribution in [-0.2, 0) is 19.1 Å². The van der Waals surface area contributed by atoms with Gasteiger partial charge in [-0.1, -0.05) is 29.8 Å². The first kappa shape index (κ1) is 34.7. The van der Waals surface area contributed by atoms with E-state index in [9.17, 15) is 27.6 Å². The molecule has 1 amide bonds. The molecule has 1 aromatic carbocycles. The fourth-order valence-electron chi connectivity index (χ4n) is 2.57. The fraction of sp³-hybridized carbons (Fsp3) is 0.500. The van der Waals surface area contributed by atoms with Gasteiger partial charge in [-0.25, -0.2) is 15.2 Å². The molecular formula is C26H36ClF3N2O4S. The fourth-order valence-corrected chi connectivity index (χ4v) is 2.87. The van der Waals surface area contributed by atoms with Crippen LogP contribution in [0.3, 0.4) is 0 Å². The maximum atomic E-state index is 13.0. The number of carbonyl (C=O) groups is 3. The SMILES string of the molecule is C=C(C)/C=C(\N(N)C(C)=O)C(C)(F)F.CC1(C(=O)OCCCC(=O)S)CC1.Cc1cc(C)c(Cl)cc1F. The molecule has 0 unspecified atom stereocenters. The summed E-state index contributed by atoms with van der Waals surface area (Å²) >= 11 is 9.26. The highest BCUT2D eigenvalue weighted by atomic mass is 35.5. The number of hydrazine groups is 1. The number of benzene rings is 1. The number of hydrogen-bond acceptors (Lipinski definition) is 5. The number of amides is 1. The largest absolute Gasteiger partial charge is 0.465 e. The first-order valence-corrected chi connectivity index (χ1v) is 12.3. The molecule has 1 aliphatic rings. The maximum Gasteiger partial charge on any atom is 0.311 e. The summed E-state index contributed by atoms with van der Waals surface area (Å²) in [5.74, 6) is 1.00. The van der Waals surface area contributed by atoms with Crippen LogP contribution in [0.4, 0.5) is 13.2 Å². The molecule has 0 heterocycles. The Morgan fingerprint density at radius 2 is 1.78 bits per heavy atom. The molecule has 1 aliphatic carbocycles. The van der Waals surface area contributed by atoms with E-state index in [-0.39, 0.29) is 22.3 Å². The highest BCUT2D eigenvalue weighted by Crippen LogP contribution is 2.45. The molecule has 37 heavy (non-hydrogen) atoms. The van der Waals surface area contributed by atoms with E-state index in [1.54, 1.807) is 19.9 Å². The summed E-state index contributed by atoms with van der Waals surface area (Å²) in [6.07, 6.45) is 3.88. The first-order chi connectivity index (χ1) is 16.8. The third-order valence-electron chi connectivity index (χ3n) is 5.13. The number of nitrogens with two attached hydrogens (primary N) is 1. The Balaban J connectivity index is 0.000000532. The van der Waals surface area contributed by atoms with Crippen molar-refractivity contribution in [2.24, 2.45) is 11.3 Å². The summed E-state index contributed by atoms with van der Waals surface area (Å²) in [5, 5.41) is 0.756. The topological polar surface area (TPSA) is 89.7 Å². The van der Waals surface area contributed by atoms with E-state index in [1.807, 2.05) is 13.8 Å².